The van der Waals surface area contributed by atoms with Gasteiger partial charge in [-0.25, -0.2) is 9.67 Å². The normalized spacial score (nSPS) is 17.2. The Morgan fingerprint density at radius 1 is 1.69 bits per heavy atom. The Morgan fingerprint density at radius 3 is 2.88 bits per heavy atom. The van der Waals surface area contributed by atoms with E-state index in [1.165, 1.54) is 4.68 Å². The quantitative estimate of drug-likeness (QED) is 0.749. The van der Waals surface area contributed by atoms with E-state index >= 15 is 0 Å². The van der Waals surface area contributed by atoms with E-state index in [-0.39, 0.29) is 12.5 Å². The molecule has 2 N–H and O–H groups in total. The molecule has 0 aromatic carbocycles. The van der Waals surface area contributed by atoms with Crippen molar-refractivity contribution in [2.24, 2.45) is 0 Å². The van der Waals surface area contributed by atoms with E-state index < -0.39 is 6.10 Å². The van der Waals surface area contributed by atoms with Gasteiger partial charge in [-0.2, -0.15) is 5.10 Å². The number of hydrogen-bond acceptors (Lipinski definition) is 4. The zero-order chi connectivity index (χ0) is 11.7. The van der Waals surface area contributed by atoms with Crippen LogP contribution in [0.2, 0.25) is 0 Å². The summed E-state index contributed by atoms with van der Waals surface area (Å²) in [5, 5.41) is 16.3. The molecule has 0 aliphatic heterocycles. The third kappa shape index (κ3) is 2.57. The average Bonchev–Trinajstić information content (AvgIpc) is 2.91. The molecule has 1 atom stereocenters. The molecule has 1 saturated carbocycles. The van der Waals surface area contributed by atoms with Crippen molar-refractivity contribution in [1.82, 2.24) is 20.1 Å². The van der Waals surface area contributed by atoms with E-state index in [1.807, 2.05) is 0 Å². The first kappa shape index (κ1) is 11.1. The summed E-state index contributed by atoms with van der Waals surface area (Å²) in [6.07, 6.45) is 1.44. The van der Waals surface area contributed by atoms with Crippen LogP contribution in [0.4, 0.5) is 0 Å². The van der Waals surface area contributed by atoms with Crippen LogP contribution in [0.25, 0.3) is 0 Å². The Bertz CT molecular complexity index is 396. The van der Waals surface area contributed by atoms with Crippen LogP contribution in [0.5, 0.6) is 0 Å². The first-order valence-corrected chi connectivity index (χ1v) is 5.45. The maximum Gasteiger partial charge on any atom is 0.242 e. The molecule has 0 bridgehead atoms. The minimum absolute atomic E-state index is 0.0485. The number of aliphatic hydroxyl groups is 1. The summed E-state index contributed by atoms with van der Waals surface area (Å²) in [5.41, 5.74) is 0. The number of rotatable bonds is 4. The van der Waals surface area contributed by atoms with Crippen LogP contribution < -0.4 is 5.32 Å². The Hall–Kier alpha value is -1.43. The second kappa shape index (κ2) is 4.21. The van der Waals surface area contributed by atoms with Crippen molar-refractivity contribution in [2.45, 2.75) is 45.4 Å². The second-order valence-corrected chi connectivity index (χ2v) is 4.19. The predicted octanol–water partition coefficient (Wildman–Crippen LogP) is -0.0816. The standard InChI is InChI=1S/C10H16N4O2/c1-6(15)10-11-7(2)14(13-10)5-9(16)12-8-3-4-8/h6,8,15H,3-5H2,1-2H3,(H,12,16)/t6-/m0/s1. The van der Waals surface area contributed by atoms with Gasteiger partial charge in [-0.05, 0) is 26.7 Å². The van der Waals surface area contributed by atoms with E-state index in [1.54, 1.807) is 13.8 Å². The molecule has 0 radical (unpaired) electrons. The highest BCUT2D eigenvalue weighted by Gasteiger charge is 2.23. The number of carbonyl (C=O) groups excluding carboxylic acids is 1. The molecule has 0 spiro atoms. The number of aliphatic hydroxyl groups excluding tert-OH is 1. The molecule has 88 valence electrons. The highest BCUT2D eigenvalue weighted by molar-refractivity contribution is 5.76. The largest absolute Gasteiger partial charge is 0.385 e. The summed E-state index contributed by atoms with van der Waals surface area (Å²) in [4.78, 5) is 15.6. The summed E-state index contributed by atoms with van der Waals surface area (Å²) >= 11 is 0. The minimum Gasteiger partial charge on any atom is -0.385 e. The fourth-order valence-corrected chi connectivity index (χ4v) is 1.41. The van der Waals surface area contributed by atoms with Crippen molar-refractivity contribution >= 4 is 5.91 Å². The average molecular weight is 224 g/mol. The molecular weight excluding hydrogens is 208 g/mol. The third-order valence-corrected chi connectivity index (χ3v) is 2.48. The summed E-state index contributed by atoms with van der Waals surface area (Å²) in [6.45, 7) is 3.54. The van der Waals surface area contributed by atoms with Gasteiger partial charge in [0, 0.05) is 6.04 Å². The van der Waals surface area contributed by atoms with Gasteiger partial charge in [0.05, 0.1) is 0 Å². The van der Waals surface area contributed by atoms with Crippen LogP contribution in [0.15, 0.2) is 0 Å². The van der Waals surface area contributed by atoms with Crippen LogP contribution >= 0.6 is 0 Å². The van der Waals surface area contributed by atoms with Gasteiger partial charge in [0.1, 0.15) is 18.5 Å². The molecule has 1 amide bonds. The highest BCUT2D eigenvalue weighted by atomic mass is 16.3. The van der Waals surface area contributed by atoms with Gasteiger partial charge in [-0.15, -0.1) is 0 Å². The van der Waals surface area contributed by atoms with Gasteiger partial charge in [0.25, 0.3) is 0 Å². The molecule has 1 aliphatic carbocycles. The van der Waals surface area contributed by atoms with Gasteiger partial charge in [-0.3, -0.25) is 4.79 Å². The van der Waals surface area contributed by atoms with E-state index in [0.717, 1.165) is 12.8 Å². The van der Waals surface area contributed by atoms with E-state index in [4.69, 9.17) is 0 Å². The molecule has 1 heterocycles. The van der Waals surface area contributed by atoms with Crippen molar-refractivity contribution < 1.29 is 9.90 Å². The van der Waals surface area contributed by atoms with Crippen molar-refractivity contribution in [3.63, 3.8) is 0 Å². The molecule has 6 nitrogen and oxygen atoms in total. The molecule has 6 heteroatoms. The summed E-state index contributed by atoms with van der Waals surface area (Å²) < 4.78 is 1.51. The molecule has 0 saturated heterocycles. The van der Waals surface area contributed by atoms with E-state index in [9.17, 15) is 9.90 Å². The highest BCUT2D eigenvalue weighted by Crippen LogP contribution is 2.18. The van der Waals surface area contributed by atoms with Crippen LogP contribution in [-0.4, -0.2) is 31.8 Å². The number of aryl methyl sites for hydroxylation is 1. The van der Waals surface area contributed by atoms with Crippen molar-refractivity contribution in [3.8, 4) is 0 Å². The summed E-state index contributed by atoms with van der Waals surface area (Å²) in [7, 11) is 0. The van der Waals surface area contributed by atoms with Gasteiger partial charge in [-0.1, -0.05) is 0 Å². The lowest BCUT2D eigenvalue weighted by atomic mass is 10.4. The number of aromatic nitrogens is 3. The molecule has 1 fully saturated rings. The van der Waals surface area contributed by atoms with Crippen molar-refractivity contribution in [1.29, 1.82) is 0 Å². The maximum absolute atomic E-state index is 11.5. The molecule has 2 rings (SSSR count). The summed E-state index contributed by atoms with van der Waals surface area (Å²) in [6, 6.07) is 0.354. The Balaban J connectivity index is 1.99. The topological polar surface area (TPSA) is 80.0 Å². The van der Waals surface area contributed by atoms with Gasteiger partial charge in [0.2, 0.25) is 5.91 Å². The molecule has 1 aromatic heterocycles. The van der Waals surface area contributed by atoms with Gasteiger partial charge in [0.15, 0.2) is 5.82 Å². The number of nitrogens with one attached hydrogen (secondary N) is 1. The number of amides is 1. The Morgan fingerprint density at radius 2 is 2.38 bits per heavy atom. The molecule has 1 aromatic rings. The molecular formula is C10H16N4O2. The number of hydrogen-bond donors (Lipinski definition) is 2. The van der Waals surface area contributed by atoms with Crippen LogP contribution in [-0.2, 0) is 11.3 Å². The lowest BCUT2D eigenvalue weighted by Gasteiger charge is -2.03. The van der Waals surface area contributed by atoms with E-state index in [2.05, 4.69) is 15.4 Å². The second-order valence-electron chi connectivity index (χ2n) is 4.19. The van der Waals surface area contributed by atoms with Gasteiger partial charge < -0.3 is 10.4 Å². The predicted molar refractivity (Wildman–Crippen MR) is 56.6 cm³/mol. The first-order valence-electron chi connectivity index (χ1n) is 5.45. The zero-order valence-corrected chi connectivity index (χ0v) is 9.47. The van der Waals surface area contributed by atoms with Crippen LogP contribution in [0.3, 0.4) is 0 Å². The zero-order valence-electron chi connectivity index (χ0n) is 9.47. The van der Waals surface area contributed by atoms with E-state index in [0.29, 0.717) is 17.7 Å². The monoisotopic (exact) mass is 224 g/mol. The number of carbonyl (C=O) groups is 1. The maximum atomic E-state index is 11.5. The molecule has 1 aliphatic rings. The number of nitrogens with zero attached hydrogens (tertiary/aromatic N) is 3. The third-order valence-electron chi connectivity index (χ3n) is 2.48. The Kier molecular flexibility index (Phi) is 2.91. The van der Waals surface area contributed by atoms with Crippen molar-refractivity contribution in [3.05, 3.63) is 11.6 Å². The lowest BCUT2D eigenvalue weighted by molar-refractivity contribution is -0.122. The lowest BCUT2D eigenvalue weighted by Crippen LogP contribution is -2.30. The molecule has 0 unspecified atom stereocenters. The minimum atomic E-state index is -0.702. The fourth-order valence-electron chi connectivity index (χ4n) is 1.41. The molecule has 16 heavy (non-hydrogen) atoms. The van der Waals surface area contributed by atoms with Crippen molar-refractivity contribution in [2.75, 3.05) is 0 Å². The van der Waals surface area contributed by atoms with Crippen LogP contribution in [0.1, 0.15) is 37.5 Å². The fraction of sp³-hybridized carbons (Fsp3) is 0.700. The SMILES string of the molecule is Cc1nc([C@H](C)O)nn1CC(=O)NC1CC1. The Labute approximate surface area is 93.7 Å². The smallest absolute Gasteiger partial charge is 0.242 e. The first-order chi connectivity index (χ1) is 7.56. The van der Waals surface area contributed by atoms with Crippen LogP contribution in [0, 0.1) is 6.92 Å². The van der Waals surface area contributed by atoms with Gasteiger partial charge >= 0.3 is 0 Å². The summed E-state index contributed by atoms with van der Waals surface area (Å²) in [5.74, 6) is 0.950.